The number of imide groups is 1. The van der Waals surface area contributed by atoms with Gasteiger partial charge in [0.05, 0.1) is 16.8 Å². The normalized spacial score (nSPS) is 13.8. The molecule has 1 heterocycles. The first-order valence-corrected chi connectivity index (χ1v) is 6.41. The Hall–Kier alpha value is -2.14. The van der Waals surface area contributed by atoms with Gasteiger partial charge in [-0.3, -0.25) is 9.59 Å². The maximum Gasteiger partial charge on any atom is 0.266 e. The van der Waals surface area contributed by atoms with Crippen molar-refractivity contribution in [2.24, 2.45) is 0 Å². The molecule has 94 valence electrons. The molecule has 19 heavy (non-hydrogen) atoms. The maximum atomic E-state index is 12.3. The van der Waals surface area contributed by atoms with Gasteiger partial charge in [-0.05, 0) is 36.4 Å². The van der Waals surface area contributed by atoms with Gasteiger partial charge in [-0.15, -0.1) is 0 Å². The van der Waals surface area contributed by atoms with Gasteiger partial charge in [0.25, 0.3) is 11.8 Å². The molecular weight excluding hydrogens is 308 g/mol. The Balaban J connectivity index is 2.13. The Bertz CT molecular complexity index is 712. The van der Waals surface area contributed by atoms with Crippen LogP contribution in [0.3, 0.4) is 0 Å². The van der Waals surface area contributed by atoms with Crippen molar-refractivity contribution in [2.45, 2.75) is 0 Å². The number of anilines is 2. The number of amides is 2. The van der Waals surface area contributed by atoms with Crippen LogP contribution in [0.4, 0.5) is 11.4 Å². The van der Waals surface area contributed by atoms with Gasteiger partial charge < -0.3 is 5.73 Å². The number of nitrogen functional groups attached to an aromatic ring is 1. The number of halogens is 1. The molecule has 1 aliphatic heterocycles. The van der Waals surface area contributed by atoms with Crippen LogP contribution in [0.1, 0.15) is 20.7 Å². The number of carbonyl (C=O) groups excluding carboxylic acids is 2. The van der Waals surface area contributed by atoms with Gasteiger partial charge in [0.1, 0.15) is 0 Å². The van der Waals surface area contributed by atoms with Crippen LogP contribution in [0.25, 0.3) is 0 Å². The fraction of sp³-hybridized carbons (Fsp3) is 0. The zero-order valence-electron chi connectivity index (χ0n) is 9.76. The zero-order chi connectivity index (χ0) is 13.6. The quantitative estimate of drug-likeness (QED) is 0.650. The highest BCUT2D eigenvalue weighted by Gasteiger charge is 2.36. The zero-order valence-corrected chi connectivity index (χ0v) is 11.3. The molecule has 0 saturated carbocycles. The Morgan fingerprint density at radius 2 is 1.68 bits per heavy atom. The Kier molecular flexibility index (Phi) is 2.64. The molecule has 0 fully saturated rings. The minimum Gasteiger partial charge on any atom is -0.399 e. The van der Waals surface area contributed by atoms with Crippen molar-refractivity contribution in [2.75, 3.05) is 10.6 Å². The molecule has 0 unspecified atom stereocenters. The molecule has 0 saturated heterocycles. The highest BCUT2D eigenvalue weighted by atomic mass is 79.9. The van der Waals surface area contributed by atoms with E-state index in [1.54, 1.807) is 30.3 Å². The maximum absolute atomic E-state index is 12.3. The summed E-state index contributed by atoms with van der Waals surface area (Å²) in [6.45, 7) is 0. The molecular formula is C14H9BrN2O2. The van der Waals surface area contributed by atoms with E-state index in [2.05, 4.69) is 15.9 Å². The summed E-state index contributed by atoms with van der Waals surface area (Å²) in [5.74, 6) is -0.663. The SMILES string of the molecule is Nc1ccc2c(c1)C(=O)N(c1cccc(Br)c1)C2=O. The van der Waals surface area contributed by atoms with E-state index in [4.69, 9.17) is 5.73 Å². The van der Waals surface area contributed by atoms with E-state index < -0.39 is 0 Å². The van der Waals surface area contributed by atoms with Gasteiger partial charge >= 0.3 is 0 Å². The predicted molar refractivity (Wildman–Crippen MR) is 76.1 cm³/mol. The van der Waals surface area contributed by atoms with E-state index in [9.17, 15) is 9.59 Å². The Labute approximate surface area is 118 Å². The molecule has 0 atom stereocenters. The van der Waals surface area contributed by atoms with Crippen LogP contribution >= 0.6 is 15.9 Å². The third-order valence-electron chi connectivity index (χ3n) is 2.98. The summed E-state index contributed by atoms with van der Waals surface area (Å²) < 4.78 is 0.807. The van der Waals surface area contributed by atoms with Crippen molar-refractivity contribution in [3.63, 3.8) is 0 Å². The first-order chi connectivity index (χ1) is 9.08. The lowest BCUT2D eigenvalue weighted by molar-refractivity contribution is 0.0926. The number of benzene rings is 2. The number of rotatable bonds is 1. The van der Waals surface area contributed by atoms with Crippen LogP contribution in [0.15, 0.2) is 46.9 Å². The molecule has 0 aromatic heterocycles. The first kappa shape index (κ1) is 11.9. The summed E-state index contributed by atoms with van der Waals surface area (Å²) in [6, 6.07) is 11.8. The second kappa shape index (κ2) is 4.20. The minimum absolute atomic E-state index is 0.321. The third kappa shape index (κ3) is 1.82. The van der Waals surface area contributed by atoms with Crippen molar-refractivity contribution in [3.05, 3.63) is 58.1 Å². The molecule has 0 bridgehead atoms. The van der Waals surface area contributed by atoms with Crippen LogP contribution in [0, 0.1) is 0 Å². The number of nitrogens with zero attached hydrogens (tertiary/aromatic N) is 1. The Morgan fingerprint density at radius 3 is 2.42 bits per heavy atom. The number of hydrogen-bond donors (Lipinski definition) is 1. The summed E-state index contributed by atoms with van der Waals surface area (Å²) >= 11 is 3.33. The molecule has 5 heteroatoms. The van der Waals surface area contributed by atoms with Crippen LogP contribution in [-0.4, -0.2) is 11.8 Å². The molecule has 3 rings (SSSR count). The van der Waals surface area contributed by atoms with Gasteiger partial charge in [-0.1, -0.05) is 22.0 Å². The average Bonchev–Trinajstić information content (AvgIpc) is 2.61. The summed E-state index contributed by atoms with van der Waals surface area (Å²) in [5, 5.41) is 0. The van der Waals surface area contributed by atoms with Crippen molar-refractivity contribution >= 4 is 39.1 Å². The molecule has 2 N–H and O–H groups in total. The number of nitrogens with two attached hydrogens (primary N) is 1. The number of carbonyl (C=O) groups is 2. The van der Waals surface area contributed by atoms with E-state index in [-0.39, 0.29) is 11.8 Å². The number of hydrogen-bond acceptors (Lipinski definition) is 3. The van der Waals surface area contributed by atoms with Gasteiger partial charge in [0.15, 0.2) is 0 Å². The molecule has 1 aliphatic rings. The Morgan fingerprint density at radius 1 is 0.947 bits per heavy atom. The van der Waals surface area contributed by atoms with Crippen LogP contribution in [-0.2, 0) is 0 Å². The summed E-state index contributed by atoms with van der Waals surface area (Å²) in [7, 11) is 0. The van der Waals surface area contributed by atoms with Crippen molar-refractivity contribution < 1.29 is 9.59 Å². The summed E-state index contributed by atoms with van der Waals surface area (Å²) in [6.07, 6.45) is 0. The van der Waals surface area contributed by atoms with Crippen molar-refractivity contribution in [3.8, 4) is 0 Å². The monoisotopic (exact) mass is 316 g/mol. The molecule has 0 spiro atoms. The highest BCUT2D eigenvalue weighted by Crippen LogP contribution is 2.30. The summed E-state index contributed by atoms with van der Waals surface area (Å²) in [4.78, 5) is 25.7. The van der Waals surface area contributed by atoms with Crippen LogP contribution < -0.4 is 10.6 Å². The standard InChI is InChI=1S/C14H9BrN2O2/c15-8-2-1-3-10(6-8)17-13(18)11-5-4-9(16)7-12(11)14(17)19/h1-7H,16H2. The molecule has 4 nitrogen and oxygen atoms in total. The molecule has 2 aromatic rings. The fourth-order valence-corrected chi connectivity index (χ4v) is 2.50. The van der Waals surface area contributed by atoms with Gasteiger partial charge in [-0.2, -0.15) is 0 Å². The van der Waals surface area contributed by atoms with Gasteiger partial charge in [-0.25, -0.2) is 4.90 Å². The van der Waals surface area contributed by atoms with Crippen molar-refractivity contribution in [1.82, 2.24) is 0 Å². The molecule has 2 amide bonds. The van der Waals surface area contributed by atoms with E-state index >= 15 is 0 Å². The fourth-order valence-electron chi connectivity index (χ4n) is 2.11. The summed E-state index contributed by atoms with van der Waals surface area (Å²) in [5.41, 5.74) is 7.41. The minimum atomic E-state index is -0.342. The topological polar surface area (TPSA) is 63.4 Å². The molecule has 2 aromatic carbocycles. The lowest BCUT2D eigenvalue weighted by atomic mass is 10.1. The van der Waals surface area contributed by atoms with E-state index in [0.29, 0.717) is 22.5 Å². The lowest BCUT2D eigenvalue weighted by Crippen LogP contribution is -2.29. The molecule has 0 radical (unpaired) electrons. The van der Waals surface area contributed by atoms with Crippen LogP contribution in [0.2, 0.25) is 0 Å². The lowest BCUT2D eigenvalue weighted by Gasteiger charge is -2.13. The van der Waals surface area contributed by atoms with Crippen LogP contribution in [0.5, 0.6) is 0 Å². The number of fused-ring (bicyclic) bond motifs is 1. The predicted octanol–water partition coefficient (Wildman–Crippen LogP) is 2.83. The van der Waals surface area contributed by atoms with Crippen molar-refractivity contribution in [1.29, 1.82) is 0 Å². The van der Waals surface area contributed by atoms with E-state index in [1.807, 2.05) is 6.07 Å². The average molecular weight is 317 g/mol. The van der Waals surface area contributed by atoms with E-state index in [1.165, 1.54) is 6.07 Å². The van der Waals surface area contributed by atoms with Gasteiger partial charge in [0, 0.05) is 10.2 Å². The third-order valence-corrected chi connectivity index (χ3v) is 3.47. The first-order valence-electron chi connectivity index (χ1n) is 5.62. The highest BCUT2D eigenvalue weighted by molar-refractivity contribution is 9.10. The second-order valence-corrected chi connectivity index (χ2v) is 5.15. The molecule has 0 aliphatic carbocycles. The van der Waals surface area contributed by atoms with E-state index in [0.717, 1.165) is 9.37 Å². The largest absolute Gasteiger partial charge is 0.399 e. The second-order valence-electron chi connectivity index (χ2n) is 4.23. The van der Waals surface area contributed by atoms with Gasteiger partial charge in [0.2, 0.25) is 0 Å². The smallest absolute Gasteiger partial charge is 0.266 e.